The zero-order valence-corrected chi connectivity index (χ0v) is 7.23. The standard InChI is InChI=1S/C8H11ClO2/c1-3-4-5-7(2)8(10)11-6-9/h3,5H,1,4,6H2,2H3/b7-5+. The molecule has 2 nitrogen and oxygen atoms in total. The minimum absolute atomic E-state index is 0.0991. The molecule has 0 heterocycles. The highest BCUT2D eigenvalue weighted by molar-refractivity contribution is 6.17. The fourth-order valence-electron chi connectivity index (χ4n) is 0.507. The molecule has 0 rings (SSSR count). The summed E-state index contributed by atoms with van der Waals surface area (Å²) in [5, 5.41) is 0. The summed E-state index contributed by atoms with van der Waals surface area (Å²) < 4.78 is 4.52. The lowest BCUT2D eigenvalue weighted by atomic mass is 10.2. The first-order chi connectivity index (χ1) is 5.22. The van der Waals surface area contributed by atoms with Crippen LogP contribution in [-0.4, -0.2) is 12.0 Å². The predicted molar refractivity (Wildman–Crippen MR) is 45.4 cm³/mol. The first kappa shape index (κ1) is 10.2. The van der Waals surface area contributed by atoms with Crippen molar-refractivity contribution in [1.29, 1.82) is 0 Å². The Labute approximate surface area is 71.5 Å². The van der Waals surface area contributed by atoms with E-state index in [0.717, 1.165) is 0 Å². The van der Waals surface area contributed by atoms with Crippen LogP contribution in [0.3, 0.4) is 0 Å². The minimum Gasteiger partial charge on any atom is -0.446 e. The number of rotatable bonds is 4. The van der Waals surface area contributed by atoms with Crippen LogP contribution in [0.25, 0.3) is 0 Å². The maximum absolute atomic E-state index is 10.8. The number of hydrogen-bond acceptors (Lipinski definition) is 2. The third-order valence-corrected chi connectivity index (χ3v) is 1.21. The van der Waals surface area contributed by atoms with Gasteiger partial charge in [0, 0.05) is 5.57 Å². The number of alkyl halides is 1. The molecule has 0 bridgehead atoms. The van der Waals surface area contributed by atoms with E-state index < -0.39 is 0 Å². The van der Waals surface area contributed by atoms with Gasteiger partial charge < -0.3 is 4.74 Å². The van der Waals surface area contributed by atoms with Crippen LogP contribution in [0.2, 0.25) is 0 Å². The summed E-state index contributed by atoms with van der Waals surface area (Å²) in [6, 6.07) is -0.0991. The lowest BCUT2D eigenvalue weighted by molar-refractivity contribution is -0.136. The highest BCUT2D eigenvalue weighted by Gasteiger charge is 2.02. The summed E-state index contributed by atoms with van der Waals surface area (Å²) >= 11 is 5.18. The average Bonchev–Trinajstić information content (AvgIpc) is 2.00. The molecule has 0 aliphatic heterocycles. The van der Waals surface area contributed by atoms with Crippen molar-refractivity contribution in [2.24, 2.45) is 0 Å². The second-order valence-electron chi connectivity index (χ2n) is 1.95. The van der Waals surface area contributed by atoms with Crippen molar-refractivity contribution >= 4 is 17.6 Å². The first-order valence-corrected chi connectivity index (χ1v) is 3.76. The van der Waals surface area contributed by atoms with Crippen molar-refractivity contribution in [3.63, 3.8) is 0 Å². The van der Waals surface area contributed by atoms with Gasteiger partial charge in [0.25, 0.3) is 0 Å². The fraction of sp³-hybridized carbons (Fsp3) is 0.375. The van der Waals surface area contributed by atoms with Crippen molar-refractivity contribution in [1.82, 2.24) is 0 Å². The third kappa shape index (κ3) is 4.62. The summed E-state index contributed by atoms with van der Waals surface area (Å²) in [6.45, 7) is 5.19. The largest absolute Gasteiger partial charge is 0.446 e. The smallest absolute Gasteiger partial charge is 0.334 e. The molecule has 0 amide bonds. The van der Waals surface area contributed by atoms with Gasteiger partial charge in [-0.25, -0.2) is 4.79 Å². The zero-order valence-electron chi connectivity index (χ0n) is 6.47. The molecule has 0 aromatic heterocycles. The van der Waals surface area contributed by atoms with Gasteiger partial charge in [0.15, 0.2) is 6.07 Å². The van der Waals surface area contributed by atoms with Crippen molar-refractivity contribution in [2.75, 3.05) is 6.07 Å². The highest BCUT2D eigenvalue weighted by atomic mass is 35.5. The molecule has 0 fully saturated rings. The van der Waals surface area contributed by atoms with Gasteiger partial charge in [-0.15, -0.1) is 6.58 Å². The van der Waals surface area contributed by atoms with Crippen LogP contribution < -0.4 is 0 Å². The molecule has 0 aliphatic rings. The van der Waals surface area contributed by atoms with Gasteiger partial charge in [-0.1, -0.05) is 23.8 Å². The van der Waals surface area contributed by atoms with E-state index in [-0.39, 0.29) is 12.0 Å². The molecule has 0 aromatic carbocycles. The van der Waals surface area contributed by atoms with Crippen LogP contribution in [0, 0.1) is 0 Å². The van der Waals surface area contributed by atoms with Crippen molar-refractivity contribution in [2.45, 2.75) is 13.3 Å². The Morgan fingerprint density at radius 1 is 1.73 bits per heavy atom. The van der Waals surface area contributed by atoms with E-state index in [1.54, 1.807) is 19.1 Å². The molecule has 0 saturated carbocycles. The molecular weight excluding hydrogens is 164 g/mol. The minimum atomic E-state index is -0.373. The number of halogens is 1. The second kappa shape index (κ2) is 5.98. The van der Waals surface area contributed by atoms with Gasteiger partial charge in [0.2, 0.25) is 0 Å². The number of ether oxygens (including phenoxy) is 1. The summed E-state index contributed by atoms with van der Waals surface area (Å²) in [5.74, 6) is -0.373. The van der Waals surface area contributed by atoms with Crippen LogP contribution in [0.1, 0.15) is 13.3 Å². The molecule has 0 aliphatic carbocycles. The normalized spacial score (nSPS) is 10.9. The molecule has 0 aromatic rings. The van der Waals surface area contributed by atoms with Gasteiger partial charge in [0.05, 0.1) is 0 Å². The van der Waals surface area contributed by atoms with Crippen LogP contribution in [0.15, 0.2) is 24.3 Å². The van der Waals surface area contributed by atoms with E-state index in [1.807, 2.05) is 0 Å². The van der Waals surface area contributed by atoms with Crippen LogP contribution in [0.5, 0.6) is 0 Å². The van der Waals surface area contributed by atoms with Crippen molar-refractivity contribution < 1.29 is 9.53 Å². The van der Waals surface area contributed by atoms with E-state index in [4.69, 9.17) is 11.6 Å². The third-order valence-electron chi connectivity index (χ3n) is 1.10. The molecule has 0 radical (unpaired) electrons. The molecule has 0 saturated heterocycles. The lowest BCUT2D eigenvalue weighted by Crippen LogP contribution is -2.03. The van der Waals surface area contributed by atoms with Crippen molar-refractivity contribution in [3.05, 3.63) is 24.3 Å². The molecule has 0 spiro atoms. The zero-order chi connectivity index (χ0) is 8.69. The van der Waals surface area contributed by atoms with E-state index in [2.05, 4.69) is 11.3 Å². The number of carbonyl (C=O) groups is 1. The summed E-state index contributed by atoms with van der Waals surface area (Å²) in [6.07, 6.45) is 4.11. The van der Waals surface area contributed by atoms with E-state index in [0.29, 0.717) is 12.0 Å². The molecular formula is C8H11ClO2. The van der Waals surface area contributed by atoms with E-state index in [1.165, 1.54) is 0 Å². The summed E-state index contributed by atoms with van der Waals surface area (Å²) in [4.78, 5) is 10.8. The van der Waals surface area contributed by atoms with Crippen LogP contribution in [-0.2, 0) is 9.53 Å². The predicted octanol–water partition coefficient (Wildman–Crippen LogP) is 2.25. The monoisotopic (exact) mass is 174 g/mol. The van der Waals surface area contributed by atoms with E-state index in [9.17, 15) is 4.79 Å². The number of allylic oxidation sites excluding steroid dienone is 2. The number of hydrogen-bond donors (Lipinski definition) is 0. The quantitative estimate of drug-likeness (QED) is 0.283. The molecule has 0 atom stereocenters. The molecule has 3 heteroatoms. The summed E-state index contributed by atoms with van der Waals surface area (Å²) in [7, 11) is 0. The first-order valence-electron chi connectivity index (χ1n) is 3.23. The van der Waals surface area contributed by atoms with Gasteiger partial charge in [-0.2, -0.15) is 0 Å². The highest BCUT2D eigenvalue weighted by Crippen LogP contribution is 1.99. The maximum Gasteiger partial charge on any atom is 0.334 e. The molecule has 62 valence electrons. The number of carbonyl (C=O) groups excluding carboxylic acids is 1. The molecule has 11 heavy (non-hydrogen) atoms. The molecule has 0 N–H and O–H groups in total. The molecule has 0 unspecified atom stereocenters. The van der Waals surface area contributed by atoms with E-state index >= 15 is 0 Å². The Bertz CT molecular complexity index is 173. The maximum atomic E-state index is 10.8. The summed E-state index contributed by atoms with van der Waals surface area (Å²) in [5.41, 5.74) is 0.561. The Balaban J connectivity index is 3.89. The van der Waals surface area contributed by atoms with Crippen molar-refractivity contribution in [3.8, 4) is 0 Å². The van der Waals surface area contributed by atoms with Gasteiger partial charge in [-0.05, 0) is 13.3 Å². The van der Waals surface area contributed by atoms with Crippen LogP contribution >= 0.6 is 11.6 Å². The Morgan fingerprint density at radius 3 is 2.82 bits per heavy atom. The van der Waals surface area contributed by atoms with Gasteiger partial charge in [-0.3, -0.25) is 0 Å². The topological polar surface area (TPSA) is 26.3 Å². The lowest BCUT2D eigenvalue weighted by Gasteiger charge is -1.98. The number of esters is 1. The van der Waals surface area contributed by atoms with Gasteiger partial charge >= 0.3 is 5.97 Å². The Morgan fingerprint density at radius 2 is 2.36 bits per heavy atom. The van der Waals surface area contributed by atoms with Crippen LogP contribution in [0.4, 0.5) is 0 Å². The average molecular weight is 175 g/mol. The Hall–Kier alpha value is -0.760. The fourth-order valence-corrected chi connectivity index (χ4v) is 0.606. The van der Waals surface area contributed by atoms with Gasteiger partial charge in [0.1, 0.15) is 0 Å². The second-order valence-corrected chi connectivity index (χ2v) is 2.17. The Kier molecular flexibility index (Phi) is 5.57. The SMILES string of the molecule is C=CC/C=C(\C)C(=O)OCCl.